The molecule has 0 radical (unpaired) electrons. The van der Waals surface area contributed by atoms with E-state index in [2.05, 4.69) is 5.32 Å². The maximum absolute atomic E-state index is 12.8. The predicted octanol–water partition coefficient (Wildman–Crippen LogP) is 3.85. The quantitative estimate of drug-likeness (QED) is 0.841. The molecule has 0 spiro atoms. The van der Waals surface area contributed by atoms with Crippen LogP contribution in [0.5, 0.6) is 11.5 Å². The molecule has 8 heteroatoms. The summed E-state index contributed by atoms with van der Waals surface area (Å²) in [5.74, 6) is -0.362. The van der Waals surface area contributed by atoms with E-state index in [0.717, 1.165) is 25.0 Å². The first-order valence-electron chi connectivity index (χ1n) is 8.84. The van der Waals surface area contributed by atoms with Crippen molar-refractivity contribution in [2.45, 2.75) is 19.0 Å². The van der Waals surface area contributed by atoms with E-state index in [1.165, 1.54) is 30.3 Å². The molecule has 148 valence electrons. The van der Waals surface area contributed by atoms with Gasteiger partial charge in [0.1, 0.15) is 11.5 Å². The van der Waals surface area contributed by atoms with Gasteiger partial charge in [-0.05, 0) is 49.2 Å². The van der Waals surface area contributed by atoms with Gasteiger partial charge in [-0.1, -0.05) is 12.1 Å². The highest BCUT2D eigenvalue weighted by Gasteiger charge is 2.30. The summed E-state index contributed by atoms with van der Waals surface area (Å²) < 4.78 is 43.9. The summed E-state index contributed by atoms with van der Waals surface area (Å²) in [7, 11) is 0. The number of hydrogen-bond donors (Lipinski definition) is 1. The lowest BCUT2D eigenvalue weighted by atomic mass is 10.2. The molecule has 0 bridgehead atoms. The molecule has 1 heterocycles. The topological polar surface area (TPSA) is 58.6 Å². The molecule has 3 rings (SSSR count). The van der Waals surface area contributed by atoms with E-state index in [4.69, 9.17) is 4.74 Å². The summed E-state index contributed by atoms with van der Waals surface area (Å²) in [4.78, 5) is 26.0. The second kappa shape index (κ2) is 8.33. The predicted molar refractivity (Wildman–Crippen MR) is 96.1 cm³/mol. The Morgan fingerprint density at radius 1 is 1.00 bits per heavy atom. The van der Waals surface area contributed by atoms with Crippen molar-refractivity contribution in [3.63, 3.8) is 0 Å². The van der Waals surface area contributed by atoms with E-state index in [0.29, 0.717) is 13.1 Å². The molecule has 28 heavy (non-hydrogen) atoms. The third-order valence-corrected chi connectivity index (χ3v) is 4.35. The molecule has 0 unspecified atom stereocenters. The lowest BCUT2D eigenvalue weighted by molar-refractivity contribution is -0.137. The average molecular weight is 392 g/mol. The minimum Gasteiger partial charge on any atom is -0.457 e. The third-order valence-electron chi connectivity index (χ3n) is 4.35. The molecule has 2 amide bonds. The van der Waals surface area contributed by atoms with Crippen LogP contribution in [0, 0.1) is 0 Å². The van der Waals surface area contributed by atoms with Gasteiger partial charge in [0.25, 0.3) is 5.91 Å². The summed E-state index contributed by atoms with van der Waals surface area (Å²) in [5, 5.41) is 2.56. The van der Waals surface area contributed by atoms with Crippen LogP contribution >= 0.6 is 0 Å². The number of nitrogens with zero attached hydrogens (tertiary/aromatic N) is 1. The zero-order valence-corrected chi connectivity index (χ0v) is 15.0. The molecule has 1 aliphatic rings. The maximum Gasteiger partial charge on any atom is 0.416 e. The van der Waals surface area contributed by atoms with Gasteiger partial charge in [-0.25, -0.2) is 0 Å². The van der Waals surface area contributed by atoms with Crippen molar-refractivity contribution in [2.75, 3.05) is 19.6 Å². The van der Waals surface area contributed by atoms with Crippen LogP contribution in [0.1, 0.15) is 28.8 Å². The third kappa shape index (κ3) is 5.03. The first-order chi connectivity index (χ1) is 13.3. The first-order valence-corrected chi connectivity index (χ1v) is 8.84. The lowest BCUT2D eigenvalue weighted by Crippen LogP contribution is -2.38. The Labute approximate surface area is 160 Å². The molecule has 1 fully saturated rings. The summed E-state index contributed by atoms with van der Waals surface area (Å²) in [6.07, 6.45) is -2.54. The maximum atomic E-state index is 12.8. The van der Waals surface area contributed by atoms with E-state index in [9.17, 15) is 22.8 Å². The monoisotopic (exact) mass is 392 g/mol. The number of benzene rings is 2. The van der Waals surface area contributed by atoms with E-state index in [1.807, 2.05) is 0 Å². The Balaban J connectivity index is 1.63. The van der Waals surface area contributed by atoms with Gasteiger partial charge in [0, 0.05) is 18.7 Å². The molecule has 0 aromatic heterocycles. The SMILES string of the molecule is O=C(NCC(=O)N1CCCC1)c1cccc(Oc2cccc(C(F)(F)F)c2)c1. The number of nitrogens with one attached hydrogen (secondary N) is 1. The van der Waals surface area contributed by atoms with Crippen molar-refractivity contribution >= 4 is 11.8 Å². The Kier molecular flexibility index (Phi) is 5.87. The van der Waals surface area contributed by atoms with Gasteiger partial charge in [0.15, 0.2) is 0 Å². The molecule has 5 nitrogen and oxygen atoms in total. The molecular formula is C20H19F3N2O3. The van der Waals surface area contributed by atoms with E-state index in [-0.39, 0.29) is 29.5 Å². The van der Waals surface area contributed by atoms with Crippen molar-refractivity contribution in [2.24, 2.45) is 0 Å². The van der Waals surface area contributed by atoms with Crippen LogP contribution in [-0.4, -0.2) is 36.3 Å². The number of amides is 2. The van der Waals surface area contributed by atoms with Crippen LogP contribution in [0.2, 0.25) is 0 Å². The van der Waals surface area contributed by atoms with Crippen LogP contribution in [0.25, 0.3) is 0 Å². The zero-order valence-electron chi connectivity index (χ0n) is 15.0. The van der Waals surface area contributed by atoms with Crippen LogP contribution in [0.4, 0.5) is 13.2 Å². The number of alkyl halides is 3. The van der Waals surface area contributed by atoms with Gasteiger partial charge < -0.3 is 15.0 Å². The fourth-order valence-corrected chi connectivity index (χ4v) is 2.91. The normalized spacial score (nSPS) is 14.0. The van der Waals surface area contributed by atoms with Gasteiger partial charge in [0.2, 0.25) is 5.91 Å². The number of ether oxygens (including phenoxy) is 1. The van der Waals surface area contributed by atoms with Crippen molar-refractivity contribution in [3.05, 3.63) is 59.7 Å². The molecule has 0 saturated carbocycles. The summed E-state index contributed by atoms with van der Waals surface area (Å²) in [5.41, 5.74) is -0.571. The Bertz CT molecular complexity index is 862. The summed E-state index contributed by atoms with van der Waals surface area (Å²) in [6, 6.07) is 10.5. The highest BCUT2D eigenvalue weighted by molar-refractivity contribution is 5.96. The van der Waals surface area contributed by atoms with Crippen LogP contribution in [0.3, 0.4) is 0 Å². The zero-order chi connectivity index (χ0) is 20.1. The Morgan fingerprint density at radius 3 is 2.32 bits per heavy atom. The molecule has 2 aromatic carbocycles. The number of carbonyl (C=O) groups is 2. The van der Waals surface area contributed by atoms with E-state index >= 15 is 0 Å². The molecule has 2 aromatic rings. The summed E-state index contributed by atoms with van der Waals surface area (Å²) in [6.45, 7) is 1.31. The first kappa shape index (κ1) is 19.7. The smallest absolute Gasteiger partial charge is 0.416 e. The number of rotatable bonds is 5. The van der Waals surface area contributed by atoms with Crippen molar-refractivity contribution in [1.29, 1.82) is 0 Å². The Hall–Kier alpha value is -3.03. The fraction of sp³-hybridized carbons (Fsp3) is 0.300. The van der Waals surface area contributed by atoms with Gasteiger partial charge >= 0.3 is 6.18 Å². The minimum atomic E-state index is -4.47. The molecule has 1 saturated heterocycles. The number of carbonyl (C=O) groups excluding carboxylic acids is 2. The molecule has 1 N–H and O–H groups in total. The largest absolute Gasteiger partial charge is 0.457 e. The summed E-state index contributed by atoms with van der Waals surface area (Å²) >= 11 is 0. The van der Waals surface area contributed by atoms with Gasteiger partial charge in [-0.3, -0.25) is 9.59 Å². The highest BCUT2D eigenvalue weighted by Crippen LogP contribution is 2.32. The van der Waals surface area contributed by atoms with Gasteiger partial charge in [0.05, 0.1) is 12.1 Å². The number of likely N-dealkylation sites (tertiary alicyclic amines) is 1. The molecule has 0 atom stereocenters. The minimum absolute atomic E-state index is 0.0107. The second-order valence-electron chi connectivity index (χ2n) is 6.43. The average Bonchev–Trinajstić information content (AvgIpc) is 3.20. The molecule has 0 aliphatic carbocycles. The molecular weight excluding hydrogens is 373 g/mol. The second-order valence-corrected chi connectivity index (χ2v) is 6.43. The van der Waals surface area contributed by atoms with Crippen molar-refractivity contribution in [3.8, 4) is 11.5 Å². The fourth-order valence-electron chi connectivity index (χ4n) is 2.91. The Morgan fingerprint density at radius 2 is 1.64 bits per heavy atom. The van der Waals surface area contributed by atoms with Crippen LogP contribution in [-0.2, 0) is 11.0 Å². The van der Waals surface area contributed by atoms with E-state index in [1.54, 1.807) is 11.0 Å². The standard InChI is InChI=1S/C20H19F3N2O3/c21-20(22,23)15-6-4-8-17(12-15)28-16-7-3-5-14(11-16)19(27)24-13-18(26)25-9-1-2-10-25/h3-8,11-12H,1-2,9-10,13H2,(H,24,27). The van der Waals surface area contributed by atoms with Crippen LogP contribution in [0.15, 0.2) is 48.5 Å². The highest BCUT2D eigenvalue weighted by atomic mass is 19.4. The number of halogens is 3. The van der Waals surface area contributed by atoms with Crippen molar-refractivity contribution in [1.82, 2.24) is 10.2 Å². The van der Waals surface area contributed by atoms with Gasteiger partial charge in [-0.2, -0.15) is 13.2 Å². The number of hydrogen-bond acceptors (Lipinski definition) is 3. The molecule has 1 aliphatic heterocycles. The van der Waals surface area contributed by atoms with Crippen LogP contribution < -0.4 is 10.1 Å². The van der Waals surface area contributed by atoms with Crippen molar-refractivity contribution < 1.29 is 27.5 Å². The van der Waals surface area contributed by atoms with E-state index < -0.39 is 17.6 Å². The van der Waals surface area contributed by atoms with Gasteiger partial charge in [-0.15, -0.1) is 0 Å². The lowest BCUT2D eigenvalue weighted by Gasteiger charge is -2.15.